The van der Waals surface area contributed by atoms with Crippen molar-refractivity contribution < 1.29 is 28.7 Å². The Balaban J connectivity index is 2.01. The van der Waals surface area contributed by atoms with Crippen molar-refractivity contribution in [2.75, 3.05) is 7.11 Å². The highest BCUT2D eigenvalue weighted by Gasteiger charge is 2.36. The Kier molecular flexibility index (Phi) is 12.3. The minimum atomic E-state index is -1.03. The minimum Gasteiger partial charge on any atom is -0.452 e. The summed E-state index contributed by atoms with van der Waals surface area (Å²) >= 11 is 0. The Morgan fingerprint density at radius 1 is 1.07 bits per heavy atom. The number of piperidine rings is 1. The Morgan fingerprint density at radius 3 is 2.26 bits per heavy atom. The Morgan fingerprint density at radius 2 is 1.72 bits per heavy atom. The van der Waals surface area contributed by atoms with Crippen molar-refractivity contribution in [1.29, 1.82) is 0 Å². The van der Waals surface area contributed by atoms with Gasteiger partial charge in [0.25, 0.3) is 0 Å². The number of nitrogens with zero attached hydrogens (tertiary/aromatic N) is 3. The van der Waals surface area contributed by atoms with Gasteiger partial charge >= 0.3 is 6.09 Å². The van der Waals surface area contributed by atoms with Gasteiger partial charge in [0.05, 0.1) is 25.2 Å². The molecule has 0 bridgehead atoms. The molecule has 1 saturated heterocycles. The first-order valence-electron chi connectivity index (χ1n) is 16.3. The van der Waals surface area contributed by atoms with Crippen molar-refractivity contribution in [1.82, 2.24) is 14.8 Å². The van der Waals surface area contributed by atoms with Crippen molar-refractivity contribution in [3.05, 3.63) is 41.4 Å². The average molecular weight is 635 g/mol. The number of carbonyl (C=O) groups excluding carboxylic acids is 5. The third-order valence-corrected chi connectivity index (χ3v) is 9.15. The predicted molar refractivity (Wildman–Crippen MR) is 178 cm³/mol. The molecule has 10 heteroatoms. The van der Waals surface area contributed by atoms with E-state index in [4.69, 9.17) is 11.3 Å². The summed E-state index contributed by atoms with van der Waals surface area (Å²) in [6.45, 7) is 20.9. The van der Waals surface area contributed by atoms with Gasteiger partial charge in [-0.05, 0) is 81.4 Å². The van der Waals surface area contributed by atoms with E-state index in [-0.39, 0.29) is 54.2 Å². The number of carbonyl (C=O) groups is 5. The second-order valence-electron chi connectivity index (χ2n) is 14.1. The lowest BCUT2D eigenvalue weighted by Gasteiger charge is -2.40. The van der Waals surface area contributed by atoms with Gasteiger partial charge < -0.3 is 15.0 Å². The number of likely N-dealkylation sites (tertiary alicyclic amines) is 1. The standard InChI is InChI=1S/C36H50N4O6/c1-10-25(24(4)41)17-32(42)30(16-27-21-39(35(45)46-9)31-15-14-28(37-8)19-29(27)31)38-34(44)26(20-36(5,6)7)18-33(43)40-22(2)12-11-13-23(40)3/h14-15,19,21-23,25-26,30H,10-13,16-18,20H2,1-7,9H3,(H,38,44)/t22-,23+,25-,26-,30+/m0/s1. The fraction of sp³-hybridized carbons (Fsp3) is 0.611. The van der Waals surface area contributed by atoms with Crippen molar-refractivity contribution in [3.8, 4) is 0 Å². The van der Waals surface area contributed by atoms with E-state index in [0.29, 0.717) is 35.0 Å². The molecular formula is C36H50N4O6. The van der Waals surface area contributed by atoms with Crippen LogP contribution in [0, 0.1) is 23.8 Å². The molecule has 2 amide bonds. The summed E-state index contributed by atoms with van der Waals surface area (Å²) in [5, 5.41) is 3.56. The van der Waals surface area contributed by atoms with Crippen molar-refractivity contribution in [3.63, 3.8) is 0 Å². The topological polar surface area (TPSA) is 119 Å². The van der Waals surface area contributed by atoms with Gasteiger partial charge in [-0.1, -0.05) is 33.8 Å². The first kappa shape index (κ1) is 36.5. The predicted octanol–water partition coefficient (Wildman–Crippen LogP) is 6.64. The Bertz CT molecular complexity index is 1490. The smallest absolute Gasteiger partial charge is 0.418 e. The third kappa shape index (κ3) is 9.05. The second-order valence-corrected chi connectivity index (χ2v) is 14.1. The maximum Gasteiger partial charge on any atom is 0.418 e. The van der Waals surface area contributed by atoms with Crippen molar-refractivity contribution in [2.45, 2.75) is 118 Å². The van der Waals surface area contributed by atoms with Gasteiger partial charge in [0.1, 0.15) is 5.78 Å². The molecule has 0 aliphatic carbocycles. The molecule has 0 saturated carbocycles. The number of fused-ring (bicyclic) bond motifs is 1. The van der Waals surface area contributed by atoms with Crippen LogP contribution in [-0.2, 0) is 30.3 Å². The molecule has 1 fully saturated rings. The summed E-state index contributed by atoms with van der Waals surface area (Å²) in [6.07, 6.45) is 4.75. The fourth-order valence-electron chi connectivity index (χ4n) is 6.71. The second kappa shape index (κ2) is 15.5. The summed E-state index contributed by atoms with van der Waals surface area (Å²) in [7, 11) is 1.27. The molecule has 46 heavy (non-hydrogen) atoms. The summed E-state index contributed by atoms with van der Waals surface area (Å²) in [4.78, 5) is 72.0. The van der Waals surface area contributed by atoms with Gasteiger partial charge in [-0.2, -0.15) is 0 Å². The number of hydrogen-bond donors (Lipinski definition) is 1. The molecule has 5 atom stereocenters. The number of benzene rings is 1. The Labute approximate surface area is 273 Å². The lowest BCUT2D eigenvalue weighted by atomic mass is 9.81. The van der Waals surface area contributed by atoms with Crippen LogP contribution < -0.4 is 5.32 Å². The zero-order valence-electron chi connectivity index (χ0n) is 28.6. The summed E-state index contributed by atoms with van der Waals surface area (Å²) in [5.74, 6) is -2.05. The van der Waals surface area contributed by atoms with Gasteiger partial charge in [0.15, 0.2) is 11.5 Å². The molecule has 1 N–H and O–H groups in total. The number of methoxy groups -OCH3 is 1. The van der Waals surface area contributed by atoms with Crippen LogP contribution in [0.25, 0.3) is 15.7 Å². The highest BCUT2D eigenvalue weighted by atomic mass is 16.5. The van der Waals surface area contributed by atoms with Crippen LogP contribution in [0.1, 0.15) is 99.0 Å². The van der Waals surface area contributed by atoms with Crippen molar-refractivity contribution >= 4 is 46.1 Å². The van der Waals surface area contributed by atoms with Gasteiger partial charge in [-0.25, -0.2) is 9.64 Å². The van der Waals surface area contributed by atoms with Gasteiger partial charge in [0.2, 0.25) is 11.8 Å². The first-order valence-corrected chi connectivity index (χ1v) is 16.3. The molecular weight excluding hydrogens is 584 g/mol. The molecule has 0 unspecified atom stereocenters. The van der Waals surface area contributed by atoms with E-state index >= 15 is 0 Å². The number of ketones is 2. The monoisotopic (exact) mass is 634 g/mol. The Hall–Kier alpha value is -4.00. The summed E-state index contributed by atoms with van der Waals surface area (Å²) in [5.41, 5.74) is 1.16. The van der Waals surface area contributed by atoms with E-state index in [1.807, 2.05) is 46.4 Å². The lowest BCUT2D eigenvalue weighted by Crippen LogP contribution is -2.50. The van der Waals surface area contributed by atoms with E-state index in [9.17, 15) is 24.0 Å². The molecule has 2 heterocycles. The van der Waals surface area contributed by atoms with Gasteiger partial charge in [0, 0.05) is 49.4 Å². The van der Waals surface area contributed by atoms with Crippen LogP contribution in [-0.4, -0.2) is 64.2 Å². The highest BCUT2D eigenvalue weighted by Crippen LogP contribution is 2.31. The zero-order valence-corrected chi connectivity index (χ0v) is 28.6. The summed E-state index contributed by atoms with van der Waals surface area (Å²) in [6, 6.07) is 4.05. The van der Waals surface area contributed by atoms with E-state index in [1.165, 1.54) is 18.6 Å². The SMILES string of the molecule is [C-]#[N+]c1ccc2c(c1)c(C[C@@H](NC(=O)[C@@H](CC(=O)N1[C@H](C)CCC[C@@H]1C)CC(C)(C)C)C(=O)C[C@H](CC)C(C)=O)cn2C(=O)OC. The molecule has 0 radical (unpaired) electrons. The number of hydrogen-bond acceptors (Lipinski definition) is 6. The minimum absolute atomic E-state index is 0.0250. The number of nitrogens with one attached hydrogen (secondary N) is 1. The van der Waals surface area contributed by atoms with Crippen LogP contribution in [0.4, 0.5) is 10.5 Å². The maximum atomic E-state index is 14.1. The molecule has 10 nitrogen and oxygen atoms in total. The van der Waals surface area contributed by atoms with E-state index < -0.39 is 29.9 Å². The number of ether oxygens (including phenoxy) is 1. The molecule has 1 aromatic heterocycles. The highest BCUT2D eigenvalue weighted by molar-refractivity contribution is 5.97. The van der Waals surface area contributed by atoms with Gasteiger partial charge in [-0.15, -0.1) is 0 Å². The van der Waals surface area contributed by atoms with Crippen LogP contribution in [0.3, 0.4) is 0 Å². The molecule has 250 valence electrons. The van der Waals surface area contributed by atoms with Crippen LogP contribution in [0.5, 0.6) is 0 Å². The van der Waals surface area contributed by atoms with E-state index in [0.717, 1.165) is 19.3 Å². The number of amides is 2. The molecule has 2 aromatic rings. The zero-order chi connectivity index (χ0) is 34.3. The van der Waals surface area contributed by atoms with Gasteiger partial charge in [-0.3, -0.25) is 23.7 Å². The van der Waals surface area contributed by atoms with Crippen LogP contribution in [0.2, 0.25) is 0 Å². The quantitative estimate of drug-likeness (QED) is 0.262. The molecule has 1 aliphatic heterocycles. The molecule has 1 aliphatic rings. The maximum absolute atomic E-state index is 14.1. The largest absolute Gasteiger partial charge is 0.452 e. The molecule has 1 aromatic carbocycles. The van der Waals surface area contributed by atoms with E-state index in [2.05, 4.69) is 10.2 Å². The van der Waals surface area contributed by atoms with E-state index in [1.54, 1.807) is 24.4 Å². The molecule has 3 rings (SSSR count). The van der Waals surface area contributed by atoms with Crippen molar-refractivity contribution in [2.24, 2.45) is 17.3 Å². The normalized spacial score (nSPS) is 18.7. The van der Waals surface area contributed by atoms with Crippen LogP contribution >= 0.6 is 0 Å². The summed E-state index contributed by atoms with van der Waals surface area (Å²) < 4.78 is 6.27. The fourth-order valence-corrected chi connectivity index (χ4v) is 6.71. The van der Waals surface area contributed by atoms with Crippen LogP contribution in [0.15, 0.2) is 24.4 Å². The lowest BCUT2D eigenvalue weighted by molar-refractivity contribution is -0.142. The number of rotatable bonds is 12. The number of Topliss-reactive ketones (excluding diaryl/α,β-unsaturated/α-hetero) is 2. The third-order valence-electron chi connectivity index (χ3n) is 9.15. The molecule has 0 spiro atoms. The average Bonchev–Trinajstić information content (AvgIpc) is 3.34. The first-order chi connectivity index (χ1) is 21.6. The number of aromatic nitrogens is 1.